The van der Waals surface area contributed by atoms with Crippen molar-refractivity contribution in [3.8, 4) is 6.07 Å². The summed E-state index contributed by atoms with van der Waals surface area (Å²) in [6.45, 7) is 6.69. The SMILES string of the molecule is CC(O)CN/C=C(/C#N)C(=O)N1CC(C)OC(C)C1. The molecule has 0 aliphatic carbocycles. The average Bonchev–Trinajstić information content (AvgIpc) is 2.32. The van der Waals surface area contributed by atoms with Crippen LogP contribution < -0.4 is 5.32 Å². The van der Waals surface area contributed by atoms with Crippen molar-refractivity contribution in [3.63, 3.8) is 0 Å². The third-order valence-corrected chi connectivity index (χ3v) is 2.72. The molecule has 0 aromatic heterocycles. The van der Waals surface area contributed by atoms with Crippen molar-refractivity contribution in [2.45, 2.75) is 39.1 Å². The minimum absolute atomic E-state index is 0.0296. The first-order valence-electron chi connectivity index (χ1n) is 6.40. The van der Waals surface area contributed by atoms with Gasteiger partial charge in [-0.2, -0.15) is 5.26 Å². The van der Waals surface area contributed by atoms with Crippen LogP contribution in [-0.4, -0.2) is 53.9 Å². The highest BCUT2D eigenvalue weighted by atomic mass is 16.5. The van der Waals surface area contributed by atoms with Crippen molar-refractivity contribution in [1.82, 2.24) is 10.2 Å². The maximum atomic E-state index is 12.2. The number of rotatable bonds is 4. The van der Waals surface area contributed by atoms with Gasteiger partial charge in [-0.05, 0) is 20.8 Å². The van der Waals surface area contributed by atoms with E-state index >= 15 is 0 Å². The van der Waals surface area contributed by atoms with E-state index in [4.69, 9.17) is 15.1 Å². The van der Waals surface area contributed by atoms with Gasteiger partial charge in [0.05, 0.1) is 18.3 Å². The molecular formula is C13H21N3O3. The van der Waals surface area contributed by atoms with Crippen molar-refractivity contribution >= 4 is 5.91 Å². The van der Waals surface area contributed by atoms with E-state index in [1.165, 1.54) is 6.20 Å². The Kier molecular flexibility index (Phi) is 5.80. The smallest absolute Gasteiger partial charge is 0.266 e. The molecule has 1 fully saturated rings. The van der Waals surface area contributed by atoms with Crippen LogP contribution in [-0.2, 0) is 9.53 Å². The molecule has 2 N–H and O–H groups in total. The van der Waals surface area contributed by atoms with Crippen molar-refractivity contribution < 1.29 is 14.6 Å². The van der Waals surface area contributed by atoms with Crippen LogP contribution in [0.15, 0.2) is 11.8 Å². The van der Waals surface area contributed by atoms with Crippen LogP contribution >= 0.6 is 0 Å². The largest absolute Gasteiger partial charge is 0.392 e. The second-order valence-corrected chi connectivity index (χ2v) is 4.89. The first-order valence-corrected chi connectivity index (χ1v) is 6.40. The Bertz CT molecular complexity index is 377. The molecule has 1 saturated heterocycles. The molecule has 6 nitrogen and oxygen atoms in total. The van der Waals surface area contributed by atoms with Gasteiger partial charge in [-0.1, -0.05) is 0 Å². The maximum Gasteiger partial charge on any atom is 0.266 e. The lowest BCUT2D eigenvalue weighted by Crippen LogP contribution is -2.48. The van der Waals surface area contributed by atoms with Gasteiger partial charge in [0.25, 0.3) is 5.91 Å². The number of aliphatic hydroxyl groups excluding tert-OH is 1. The summed E-state index contributed by atoms with van der Waals surface area (Å²) >= 11 is 0. The first kappa shape index (κ1) is 15.5. The summed E-state index contributed by atoms with van der Waals surface area (Å²) in [7, 11) is 0. The molecule has 1 aliphatic rings. The molecule has 1 rings (SSSR count). The molecule has 0 bridgehead atoms. The molecule has 6 heteroatoms. The third-order valence-electron chi connectivity index (χ3n) is 2.72. The van der Waals surface area contributed by atoms with Crippen LogP contribution in [0.1, 0.15) is 20.8 Å². The van der Waals surface area contributed by atoms with Crippen LogP contribution in [0.25, 0.3) is 0 Å². The second-order valence-electron chi connectivity index (χ2n) is 4.89. The van der Waals surface area contributed by atoms with Crippen molar-refractivity contribution in [3.05, 3.63) is 11.8 Å². The monoisotopic (exact) mass is 267 g/mol. The summed E-state index contributed by atoms with van der Waals surface area (Å²) in [6.07, 6.45) is 0.769. The highest BCUT2D eigenvalue weighted by Crippen LogP contribution is 2.13. The number of morpholine rings is 1. The number of nitrogens with zero attached hydrogens (tertiary/aromatic N) is 2. The molecule has 0 spiro atoms. The molecular weight excluding hydrogens is 246 g/mol. The maximum absolute atomic E-state index is 12.2. The lowest BCUT2D eigenvalue weighted by atomic mass is 10.2. The molecule has 106 valence electrons. The molecule has 3 unspecified atom stereocenters. The number of amides is 1. The van der Waals surface area contributed by atoms with Crippen molar-refractivity contribution in [1.29, 1.82) is 5.26 Å². The van der Waals surface area contributed by atoms with Crippen LogP contribution in [0.3, 0.4) is 0 Å². The molecule has 1 aliphatic heterocycles. The van der Waals surface area contributed by atoms with E-state index in [9.17, 15) is 4.79 Å². The molecule has 1 heterocycles. The van der Waals surface area contributed by atoms with Gasteiger partial charge in [-0.15, -0.1) is 0 Å². The number of nitrogens with one attached hydrogen (secondary N) is 1. The summed E-state index contributed by atoms with van der Waals surface area (Å²) < 4.78 is 5.55. The number of nitriles is 1. The van der Waals surface area contributed by atoms with Gasteiger partial charge in [0.15, 0.2) is 0 Å². The Morgan fingerprint density at radius 3 is 2.63 bits per heavy atom. The fourth-order valence-electron chi connectivity index (χ4n) is 1.99. The third kappa shape index (κ3) is 4.89. The molecule has 1 amide bonds. The Morgan fingerprint density at radius 2 is 2.16 bits per heavy atom. The number of ether oxygens (including phenoxy) is 1. The van der Waals surface area contributed by atoms with E-state index in [1.807, 2.05) is 19.9 Å². The van der Waals surface area contributed by atoms with Gasteiger partial charge in [-0.3, -0.25) is 4.79 Å². The second kappa shape index (κ2) is 7.12. The van der Waals surface area contributed by atoms with Gasteiger partial charge < -0.3 is 20.1 Å². The van der Waals surface area contributed by atoms with E-state index in [0.29, 0.717) is 19.6 Å². The van der Waals surface area contributed by atoms with Gasteiger partial charge >= 0.3 is 0 Å². The minimum atomic E-state index is -0.533. The van der Waals surface area contributed by atoms with E-state index in [0.717, 1.165) is 0 Å². The first-order chi connectivity index (χ1) is 8.93. The van der Waals surface area contributed by atoms with Gasteiger partial charge in [0, 0.05) is 25.8 Å². The highest BCUT2D eigenvalue weighted by Gasteiger charge is 2.27. The van der Waals surface area contributed by atoms with E-state index in [2.05, 4.69) is 5.32 Å². The molecule has 0 aromatic rings. The number of hydrogen-bond donors (Lipinski definition) is 2. The zero-order valence-corrected chi connectivity index (χ0v) is 11.6. The summed E-state index contributed by atoms with van der Waals surface area (Å²) in [5.41, 5.74) is 0.0435. The molecule has 0 radical (unpaired) electrons. The predicted octanol–water partition coefficient (Wildman–Crippen LogP) is 0.0000800. The van der Waals surface area contributed by atoms with E-state index in [1.54, 1.807) is 11.8 Å². The van der Waals surface area contributed by atoms with Crippen LogP contribution in [0.2, 0.25) is 0 Å². The molecule has 3 atom stereocenters. The van der Waals surface area contributed by atoms with Gasteiger partial charge in [-0.25, -0.2) is 0 Å². The van der Waals surface area contributed by atoms with E-state index in [-0.39, 0.29) is 23.7 Å². The molecule has 0 aromatic carbocycles. The summed E-state index contributed by atoms with van der Waals surface area (Å²) in [4.78, 5) is 13.8. The Labute approximate surface area is 113 Å². The van der Waals surface area contributed by atoms with Crippen molar-refractivity contribution in [2.24, 2.45) is 0 Å². The average molecular weight is 267 g/mol. The fourth-order valence-corrected chi connectivity index (χ4v) is 1.99. The quantitative estimate of drug-likeness (QED) is 0.553. The van der Waals surface area contributed by atoms with Crippen LogP contribution in [0.5, 0.6) is 0 Å². The van der Waals surface area contributed by atoms with Crippen LogP contribution in [0, 0.1) is 11.3 Å². The standard InChI is InChI=1S/C13H21N3O3/c1-9(17)5-15-6-12(4-14)13(18)16-7-10(2)19-11(3)8-16/h6,9-11,15,17H,5,7-8H2,1-3H3/b12-6-. The highest BCUT2D eigenvalue weighted by molar-refractivity contribution is 5.97. The predicted molar refractivity (Wildman–Crippen MR) is 70.0 cm³/mol. The van der Waals surface area contributed by atoms with Gasteiger partial charge in [0.2, 0.25) is 0 Å². The Morgan fingerprint density at radius 1 is 1.58 bits per heavy atom. The topological polar surface area (TPSA) is 85.6 Å². The number of aliphatic hydroxyl groups is 1. The Hall–Kier alpha value is -1.58. The zero-order chi connectivity index (χ0) is 14.4. The van der Waals surface area contributed by atoms with Gasteiger partial charge in [0.1, 0.15) is 11.6 Å². The summed E-state index contributed by atoms with van der Waals surface area (Å²) in [5, 5.41) is 20.9. The minimum Gasteiger partial charge on any atom is -0.392 e. The van der Waals surface area contributed by atoms with Crippen molar-refractivity contribution in [2.75, 3.05) is 19.6 Å². The lowest BCUT2D eigenvalue weighted by Gasteiger charge is -2.35. The number of carbonyl (C=O) groups excluding carboxylic acids is 1. The zero-order valence-electron chi connectivity index (χ0n) is 11.6. The molecule has 0 saturated carbocycles. The molecule has 19 heavy (non-hydrogen) atoms. The normalized spacial score (nSPS) is 25.6. The summed E-state index contributed by atoms with van der Waals surface area (Å²) in [6, 6.07) is 1.89. The fraction of sp³-hybridized carbons (Fsp3) is 0.692. The lowest BCUT2D eigenvalue weighted by molar-refractivity contribution is -0.138. The van der Waals surface area contributed by atoms with E-state index < -0.39 is 6.10 Å². The number of hydrogen-bond acceptors (Lipinski definition) is 5. The number of carbonyl (C=O) groups is 1. The summed E-state index contributed by atoms with van der Waals surface area (Å²) in [5.74, 6) is -0.303. The van der Waals surface area contributed by atoms with Crippen LogP contribution in [0.4, 0.5) is 0 Å². The Balaban J connectivity index is 2.65.